The van der Waals surface area contributed by atoms with E-state index in [-0.39, 0.29) is 6.61 Å². The number of carbonyl (C=O) groups is 1. The summed E-state index contributed by atoms with van der Waals surface area (Å²) in [6.45, 7) is 0.598. The highest BCUT2D eigenvalue weighted by Crippen LogP contribution is 2.17. The maximum atomic E-state index is 12.0. The van der Waals surface area contributed by atoms with Crippen molar-refractivity contribution >= 4 is 28.7 Å². The summed E-state index contributed by atoms with van der Waals surface area (Å²) in [6, 6.07) is 11.7. The van der Waals surface area contributed by atoms with Crippen molar-refractivity contribution < 1.29 is 18.7 Å². The average Bonchev–Trinajstić information content (AvgIpc) is 2.90. The maximum Gasteiger partial charge on any atom is 0.420 e. The normalized spacial score (nSPS) is 10.8. The van der Waals surface area contributed by atoms with Crippen LogP contribution in [0, 0.1) is 0 Å². The molecule has 124 valence electrons. The minimum absolute atomic E-state index is 0.287. The molecule has 0 unspecified atom stereocenters. The van der Waals surface area contributed by atoms with Crippen LogP contribution in [0.3, 0.4) is 0 Å². The molecule has 0 radical (unpaired) electrons. The fourth-order valence-corrected chi connectivity index (χ4v) is 2.43. The van der Waals surface area contributed by atoms with E-state index in [0.717, 1.165) is 0 Å². The van der Waals surface area contributed by atoms with Crippen LogP contribution < -0.4 is 10.5 Å². The van der Waals surface area contributed by atoms with Gasteiger partial charge in [-0.1, -0.05) is 11.6 Å². The smallest absolute Gasteiger partial charge is 0.420 e. The third-order valence-corrected chi connectivity index (χ3v) is 3.74. The van der Waals surface area contributed by atoms with Crippen LogP contribution in [-0.4, -0.2) is 24.3 Å². The molecule has 0 atom stereocenters. The van der Waals surface area contributed by atoms with E-state index in [1.165, 1.54) is 17.7 Å². The molecule has 0 saturated carbocycles. The topological polar surface area (TPSA) is 70.7 Å². The van der Waals surface area contributed by atoms with E-state index in [4.69, 9.17) is 20.8 Å². The van der Waals surface area contributed by atoms with Crippen LogP contribution in [-0.2, 0) is 11.3 Å². The Kier molecular flexibility index (Phi) is 4.57. The Morgan fingerprint density at radius 3 is 2.67 bits per heavy atom. The van der Waals surface area contributed by atoms with Crippen LogP contribution >= 0.6 is 11.6 Å². The molecule has 3 aromatic rings. The molecule has 6 nitrogen and oxygen atoms in total. The molecule has 0 amide bonds. The number of benzene rings is 2. The number of oxazole rings is 1. The molecule has 1 aromatic heterocycles. The first-order chi connectivity index (χ1) is 11.6. The van der Waals surface area contributed by atoms with Gasteiger partial charge in [0.05, 0.1) is 24.7 Å². The predicted molar refractivity (Wildman–Crippen MR) is 88.8 cm³/mol. The second-order valence-electron chi connectivity index (χ2n) is 5.00. The van der Waals surface area contributed by atoms with Crippen LogP contribution in [0.1, 0.15) is 10.4 Å². The molecule has 0 bridgehead atoms. The molecule has 0 aliphatic rings. The lowest BCUT2D eigenvalue weighted by molar-refractivity contribution is 0.0601. The largest absolute Gasteiger partial charge is 0.492 e. The number of halogens is 1. The summed E-state index contributed by atoms with van der Waals surface area (Å²) in [7, 11) is 1.29. The SMILES string of the molecule is COC(=O)c1ccc2c(c1)oc(=O)n2CCOc1ccc(Cl)cc1. The maximum absolute atomic E-state index is 12.0. The second kappa shape index (κ2) is 6.80. The Morgan fingerprint density at radius 1 is 1.21 bits per heavy atom. The van der Waals surface area contributed by atoms with E-state index in [1.54, 1.807) is 36.4 Å². The van der Waals surface area contributed by atoms with Crippen molar-refractivity contribution in [2.24, 2.45) is 0 Å². The van der Waals surface area contributed by atoms with Crippen molar-refractivity contribution in [1.82, 2.24) is 4.57 Å². The van der Waals surface area contributed by atoms with Gasteiger partial charge in [-0.2, -0.15) is 0 Å². The van der Waals surface area contributed by atoms with Crippen LogP contribution in [0.25, 0.3) is 11.1 Å². The number of ether oxygens (including phenoxy) is 2. The molecular formula is C17H14ClNO5. The lowest BCUT2D eigenvalue weighted by atomic mass is 10.2. The third kappa shape index (κ3) is 3.28. The average molecular weight is 348 g/mol. The molecule has 1 heterocycles. The van der Waals surface area contributed by atoms with Gasteiger partial charge in [-0.25, -0.2) is 9.59 Å². The van der Waals surface area contributed by atoms with Gasteiger partial charge in [-0.15, -0.1) is 0 Å². The van der Waals surface area contributed by atoms with Gasteiger partial charge >= 0.3 is 11.7 Å². The van der Waals surface area contributed by atoms with E-state index in [0.29, 0.717) is 34.0 Å². The first kappa shape index (κ1) is 16.1. The zero-order valence-electron chi connectivity index (χ0n) is 12.8. The Hall–Kier alpha value is -2.73. The molecule has 3 rings (SSSR count). The van der Waals surface area contributed by atoms with Crippen LogP contribution in [0.5, 0.6) is 5.75 Å². The molecule has 0 spiro atoms. The van der Waals surface area contributed by atoms with Gasteiger partial charge in [-0.05, 0) is 42.5 Å². The van der Waals surface area contributed by atoms with Gasteiger partial charge in [0.25, 0.3) is 0 Å². The highest BCUT2D eigenvalue weighted by atomic mass is 35.5. The Balaban J connectivity index is 1.77. The number of nitrogens with zero attached hydrogens (tertiary/aromatic N) is 1. The highest BCUT2D eigenvalue weighted by Gasteiger charge is 2.13. The van der Waals surface area contributed by atoms with Crippen LogP contribution in [0.2, 0.25) is 5.02 Å². The second-order valence-corrected chi connectivity index (χ2v) is 5.43. The summed E-state index contributed by atoms with van der Waals surface area (Å²) in [6.07, 6.45) is 0. The fraction of sp³-hybridized carbons (Fsp3) is 0.176. The quantitative estimate of drug-likeness (QED) is 0.663. The number of esters is 1. The van der Waals surface area contributed by atoms with E-state index in [2.05, 4.69) is 4.74 Å². The summed E-state index contributed by atoms with van der Waals surface area (Å²) >= 11 is 5.81. The minimum Gasteiger partial charge on any atom is -0.492 e. The number of fused-ring (bicyclic) bond motifs is 1. The summed E-state index contributed by atoms with van der Waals surface area (Å²) < 4.78 is 16.9. The van der Waals surface area contributed by atoms with Crippen molar-refractivity contribution in [2.45, 2.75) is 6.54 Å². The zero-order valence-corrected chi connectivity index (χ0v) is 13.6. The highest BCUT2D eigenvalue weighted by molar-refractivity contribution is 6.30. The van der Waals surface area contributed by atoms with Crippen molar-refractivity contribution in [3.8, 4) is 5.75 Å². The molecule has 0 fully saturated rings. The Labute approximate surface area is 142 Å². The number of methoxy groups -OCH3 is 1. The monoisotopic (exact) mass is 347 g/mol. The lowest BCUT2D eigenvalue weighted by Gasteiger charge is -2.06. The summed E-state index contributed by atoms with van der Waals surface area (Å²) in [5.74, 6) is -0.335. The molecule has 0 aliphatic heterocycles. The van der Waals surface area contributed by atoms with E-state index in [1.807, 2.05) is 0 Å². The van der Waals surface area contributed by atoms with Gasteiger partial charge in [-0.3, -0.25) is 4.57 Å². The number of hydrogen-bond donors (Lipinski definition) is 0. The fourth-order valence-electron chi connectivity index (χ4n) is 2.31. The summed E-state index contributed by atoms with van der Waals surface area (Å²) in [5, 5.41) is 0.626. The third-order valence-electron chi connectivity index (χ3n) is 3.49. The number of hydrogen-bond acceptors (Lipinski definition) is 5. The van der Waals surface area contributed by atoms with Crippen molar-refractivity contribution in [2.75, 3.05) is 13.7 Å². The van der Waals surface area contributed by atoms with Crippen molar-refractivity contribution in [1.29, 1.82) is 0 Å². The van der Waals surface area contributed by atoms with Gasteiger partial charge in [0.2, 0.25) is 0 Å². The lowest BCUT2D eigenvalue weighted by Crippen LogP contribution is -2.18. The number of aromatic nitrogens is 1. The Bertz CT molecular complexity index is 926. The first-order valence-corrected chi connectivity index (χ1v) is 7.56. The molecule has 7 heteroatoms. The van der Waals surface area contributed by atoms with Crippen molar-refractivity contribution in [3.05, 3.63) is 63.6 Å². The predicted octanol–water partition coefficient (Wildman–Crippen LogP) is 3.11. The van der Waals surface area contributed by atoms with Gasteiger partial charge in [0.15, 0.2) is 5.58 Å². The van der Waals surface area contributed by atoms with Gasteiger partial charge in [0, 0.05) is 5.02 Å². The molecule has 0 aliphatic carbocycles. The van der Waals surface area contributed by atoms with Crippen molar-refractivity contribution in [3.63, 3.8) is 0 Å². The molecule has 2 aromatic carbocycles. The standard InChI is InChI=1S/C17H14ClNO5/c1-22-16(20)11-2-7-14-15(10-11)24-17(21)19(14)8-9-23-13-5-3-12(18)4-6-13/h2-7,10H,8-9H2,1H3. The van der Waals surface area contributed by atoms with Crippen LogP contribution in [0.4, 0.5) is 0 Å². The van der Waals surface area contributed by atoms with E-state index in [9.17, 15) is 9.59 Å². The van der Waals surface area contributed by atoms with Crippen LogP contribution in [0.15, 0.2) is 51.7 Å². The summed E-state index contributed by atoms with van der Waals surface area (Å²) in [5.41, 5.74) is 1.24. The zero-order chi connectivity index (χ0) is 17.1. The first-order valence-electron chi connectivity index (χ1n) is 7.18. The Morgan fingerprint density at radius 2 is 1.96 bits per heavy atom. The number of rotatable bonds is 5. The molecule has 0 N–H and O–H groups in total. The van der Waals surface area contributed by atoms with E-state index < -0.39 is 11.7 Å². The molecule has 24 heavy (non-hydrogen) atoms. The van der Waals surface area contributed by atoms with Gasteiger partial charge < -0.3 is 13.9 Å². The van der Waals surface area contributed by atoms with Gasteiger partial charge in [0.1, 0.15) is 12.4 Å². The summed E-state index contributed by atoms with van der Waals surface area (Å²) in [4.78, 5) is 23.5. The van der Waals surface area contributed by atoms with E-state index >= 15 is 0 Å². The number of carbonyl (C=O) groups excluding carboxylic acids is 1. The minimum atomic E-state index is -0.508. The molecule has 0 saturated heterocycles. The molecular weight excluding hydrogens is 334 g/mol.